The lowest BCUT2D eigenvalue weighted by Gasteiger charge is -2.13. The topological polar surface area (TPSA) is 0 Å². The van der Waals surface area contributed by atoms with Crippen LogP contribution in [0.1, 0.15) is 44.2 Å². The maximum Gasteiger partial charge on any atom is -0.0196 e. The van der Waals surface area contributed by atoms with Crippen LogP contribution >= 0.6 is 0 Å². The van der Waals surface area contributed by atoms with Crippen molar-refractivity contribution in [1.82, 2.24) is 0 Å². The van der Waals surface area contributed by atoms with E-state index < -0.39 is 0 Å². The summed E-state index contributed by atoms with van der Waals surface area (Å²) in [7, 11) is 0. The highest BCUT2D eigenvalue weighted by Crippen LogP contribution is 2.25. The Hall–Kier alpha value is -1.04. The average Bonchev–Trinajstić information content (AvgIpc) is 2.16. The number of allylic oxidation sites excluding steroid dienone is 1. The molecule has 0 aliphatic rings. The molecule has 0 nitrogen and oxygen atoms in total. The van der Waals surface area contributed by atoms with Gasteiger partial charge in [-0.25, -0.2) is 0 Å². The molecule has 0 saturated heterocycles. The largest absolute Gasteiger partial charge is 0.0952 e. The molecule has 0 aromatic heterocycles. The van der Waals surface area contributed by atoms with Gasteiger partial charge in [0.1, 0.15) is 0 Å². The van der Waals surface area contributed by atoms with Crippen molar-refractivity contribution in [3.8, 4) is 0 Å². The van der Waals surface area contributed by atoms with Crippen molar-refractivity contribution >= 4 is 5.57 Å². The van der Waals surface area contributed by atoms with Crippen LogP contribution in [0.4, 0.5) is 0 Å². The second-order valence-electron chi connectivity index (χ2n) is 3.70. The Bertz CT molecular complexity index is 295. The summed E-state index contributed by atoms with van der Waals surface area (Å²) < 4.78 is 0. The fourth-order valence-electron chi connectivity index (χ4n) is 1.51. The van der Waals surface area contributed by atoms with Crippen molar-refractivity contribution in [1.29, 1.82) is 0 Å². The molecular weight excluding hydrogens is 156 g/mol. The first-order valence-electron chi connectivity index (χ1n) is 4.93. The van der Waals surface area contributed by atoms with Gasteiger partial charge >= 0.3 is 0 Å². The molecule has 0 radical (unpaired) electrons. The molecule has 0 amide bonds. The standard InChI is InChI=1S/C13H18/c1-5-11(4)13-9-7-6-8-12(13)10(2)3/h6-10H,4-5H2,1-3H3. The van der Waals surface area contributed by atoms with Gasteiger partial charge in [0.2, 0.25) is 0 Å². The van der Waals surface area contributed by atoms with Crippen LogP contribution < -0.4 is 0 Å². The van der Waals surface area contributed by atoms with E-state index in [4.69, 9.17) is 0 Å². The van der Waals surface area contributed by atoms with Crippen molar-refractivity contribution in [2.75, 3.05) is 0 Å². The Labute approximate surface area is 81.3 Å². The minimum absolute atomic E-state index is 0.583. The Morgan fingerprint density at radius 1 is 1.31 bits per heavy atom. The van der Waals surface area contributed by atoms with Gasteiger partial charge in [0.15, 0.2) is 0 Å². The van der Waals surface area contributed by atoms with E-state index in [2.05, 4.69) is 51.6 Å². The monoisotopic (exact) mass is 174 g/mol. The molecule has 0 aliphatic heterocycles. The van der Waals surface area contributed by atoms with Crippen molar-refractivity contribution in [3.63, 3.8) is 0 Å². The molecule has 1 rings (SSSR count). The minimum Gasteiger partial charge on any atom is -0.0952 e. The van der Waals surface area contributed by atoms with Gasteiger partial charge in [0.05, 0.1) is 0 Å². The third kappa shape index (κ3) is 2.21. The summed E-state index contributed by atoms with van der Waals surface area (Å²) in [6.45, 7) is 10.7. The van der Waals surface area contributed by atoms with Gasteiger partial charge < -0.3 is 0 Å². The van der Waals surface area contributed by atoms with Gasteiger partial charge in [0, 0.05) is 0 Å². The molecule has 1 aromatic carbocycles. The summed E-state index contributed by atoms with van der Waals surface area (Å²) in [6.07, 6.45) is 1.03. The van der Waals surface area contributed by atoms with Crippen molar-refractivity contribution in [2.45, 2.75) is 33.1 Å². The Balaban J connectivity index is 3.12. The molecule has 0 spiro atoms. The maximum atomic E-state index is 4.09. The molecule has 0 aliphatic carbocycles. The zero-order valence-corrected chi connectivity index (χ0v) is 8.80. The lowest BCUT2D eigenvalue weighted by molar-refractivity contribution is 0.861. The molecule has 0 heterocycles. The van der Waals surface area contributed by atoms with Gasteiger partial charge in [-0.1, -0.05) is 51.6 Å². The van der Waals surface area contributed by atoms with Crippen molar-refractivity contribution < 1.29 is 0 Å². The summed E-state index contributed by atoms with van der Waals surface area (Å²) in [6, 6.07) is 8.55. The van der Waals surface area contributed by atoms with Crippen LogP contribution in [0, 0.1) is 0 Å². The van der Waals surface area contributed by atoms with Crippen molar-refractivity contribution in [3.05, 3.63) is 42.0 Å². The van der Waals surface area contributed by atoms with E-state index in [9.17, 15) is 0 Å². The van der Waals surface area contributed by atoms with Crippen LogP contribution in [0.25, 0.3) is 5.57 Å². The molecule has 70 valence electrons. The molecule has 0 saturated carbocycles. The summed E-state index contributed by atoms with van der Waals surface area (Å²) in [5.74, 6) is 0.583. The van der Waals surface area contributed by atoms with E-state index in [0.717, 1.165) is 6.42 Å². The van der Waals surface area contributed by atoms with Gasteiger partial charge in [0.25, 0.3) is 0 Å². The first-order valence-corrected chi connectivity index (χ1v) is 4.93. The fourth-order valence-corrected chi connectivity index (χ4v) is 1.51. The van der Waals surface area contributed by atoms with Crippen LogP contribution in [-0.4, -0.2) is 0 Å². The first-order chi connectivity index (χ1) is 6.16. The molecule has 0 bridgehead atoms. The van der Waals surface area contributed by atoms with E-state index in [-0.39, 0.29) is 0 Å². The third-order valence-corrected chi connectivity index (χ3v) is 2.39. The normalized spacial score (nSPS) is 10.5. The lowest BCUT2D eigenvalue weighted by Crippen LogP contribution is -1.94. The van der Waals surface area contributed by atoms with E-state index >= 15 is 0 Å². The van der Waals surface area contributed by atoms with Gasteiger partial charge in [-0.2, -0.15) is 0 Å². The highest BCUT2D eigenvalue weighted by Gasteiger charge is 2.06. The number of benzene rings is 1. The second kappa shape index (κ2) is 4.27. The molecular formula is C13H18. The Kier molecular flexibility index (Phi) is 3.30. The zero-order valence-electron chi connectivity index (χ0n) is 8.80. The van der Waals surface area contributed by atoms with Gasteiger partial charge in [-0.05, 0) is 29.0 Å². The van der Waals surface area contributed by atoms with E-state index in [0.29, 0.717) is 5.92 Å². The average molecular weight is 174 g/mol. The first kappa shape index (κ1) is 10.0. The molecule has 1 aromatic rings. The van der Waals surface area contributed by atoms with Gasteiger partial charge in [-0.3, -0.25) is 0 Å². The molecule has 0 fully saturated rings. The molecule has 0 atom stereocenters. The predicted octanol–water partition coefficient (Wildman–Crippen LogP) is 4.23. The van der Waals surface area contributed by atoms with Crippen molar-refractivity contribution in [2.24, 2.45) is 0 Å². The number of hydrogen-bond acceptors (Lipinski definition) is 0. The molecule has 0 N–H and O–H groups in total. The summed E-state index contributed by atoms with van der Waals surface area (Å²) in [5.41, 5.74) is 3.98. The molecule has 0 heteroatoms. The van der Waals surface area contributed by atoms with Crippen LogP contribution in [0.15, 0.2) is 30.8 Å². The van der Waals surface area contributed by atoms with E-state index in [1.54, 1.807) is 0 Å². The quantitative estimate of drug-likeness (QED) is 0.643. The maximum absolute atomic E-state index is 4.09. The number of rotatable bonds is 3. The lowest BCUT2D eigenvalue weighted by atomic mass is 9.92. The highest BCUT2D eigenvalue weighted by atomic mass is 14.1. The SMILES string of the molecule is C=C(CC)c1ccccc1C(C)C. The van der Waals surface area contributed by atoms with E-state index in [1.165, 1.54) is 16.7 Å². The van der Waals surface area contributed by atoms with Crippen LogP contribution in [0.5, 0.6) is 0 Å². The predicted molar refractivity (Wildman–Crippen MR) is 59.9 cm³/mol. The second-order valence-corrected chi connectivity index (χ2v) is 3.70. The number of hydrogen-bond donors (Lipinski definition) is 0. The fraction of sp³-hybridized carbons (Fsp3) is 0.385. The van der Waals surface area contributed by atoms with Crippen LogP contribution in [0.3, 0.4) is 0 Å². The van der Waals surface area contributed by atoms with Crippen LogP contribution in [0.2, 0.25) is 0 Å². The zero-order chi connectivity index (χ0) is 9.84. The molecule has 13 heavy (non-hydrogen) atoms. The van der Waals surface area contributed by atoms with Gasteiger partial charge in [-0.15, -0.1) is 0 Å². The third-order valence-electron chi connectivity index (χ3n) is 2.39. The van der Waals surface area contributed by atoms with Crippen LogP contribution in [-0.2, 0) is 0 Å². The highest BCUT2D eigenvalue weighted by molar-refractivity contribution is 5.66. The summed E-state index contributed by atoms with van der Waals surface area (Å²) >= 11 is 0. The summed E-state index contributed by atoms with van der Waals surface area (Å²) in [5, 5.41) is 0. The minimum atomic E-state index is 0.583. The molecule has 0 unspecified atom stereocenters. The summed E-state index contributed by atoms with van der Waals surface area (Å²) in [4.78, 5) is 0. The van der Waals surface area contributed by atoms with E-state index in [1.807, 2.05) is 0 Å². The Morgan fingerprint density at radius 2 is 1.92 bits per heavy atom. The Morgan fingerprint density at radius 3 is 2.46 bits per heavy atom. The smallest absolute Gasteiger partial charge is 0.0196 e.